The number of imide groups is 1. The quantitative estimate of drug-likeness (QED) is 0.468. The summed E-state index contributed by atoms with van der Waals surface area (Å²) in [6, 6.07) is 0. The van der Waals surface area contributed by atoms with Gasteiger partial charge in [-0.15, -0.1) is 0 Å². The van der Waals surface area contributed by atoms with Crippen LogP contribution < -0.4 is 0 Å². The van der Waals surface area contributed by atoms with Crippen molar-refractivity contribution in [2.45, 2.75) is 18.3 Å². The molecule has 132 valence electrons. The summed E-state index contributed by atoms with van der Waals surface area (Å²) in [5, 5.41) is -5.30. The highest BCUT2D eigenvalue weighted by molar-refractivity contribution is 7.86. The van der Waals surface area contributed by atoms with Gasteiger partial charge in [-0.25, -0.2) is 22.5 Å². The van der Waals surface area contributed by atoms with Gasteiger partial charge in [0, 0.05) is 13.1 Å². The van der Waals surface area contributed by atoms with Crippen molar-refractivity contribution in [2.75, 3.05) is 26.2 Å². The molecule has 0 aliphatic carbocycles. The Labute approximate surface area is 128 Å². The van der Waals surface area contributed by atoms with Crippen LogP contribution in [0.4, 0.5) is 18.0 Å². The molecule has 1 atom stereocenters. The van der Waals surface area contributed by atoms with Gasteiger partial charge in [-0.1, -0.05) is 0 Å². The lowest BCUT2D eigenvalue weighted by atomic mass is 10.3. The highest BCUT2D eigenvalue weighted by Gasteiger charge is 2.48. The fourth-order valence-corrected chi connectivity index (χ4v) is 2.01. The second-order valence-electron chi connectivity index (χ2n) is 4.40. The normalized spacial score (nSPS) is 18.1. The molecule has 1 heterocycles. The number of carbonyl (C=O) groups excluding carboxylic acids is 3. The predicted molar refractivity (Wildman–Crippen MR) is 64.9 cm³/mol. The molecule has 13 heteroatoms. The zero-order valence-electron chi connectivity index (χ0n) is 11.7. The molecule has 9 nitrogen and oxygen atoms in total. The SMILES string of the molecule is CCN1CCN(C(=O)OCC(F)C(F)(F)S(=O)(=O)[O-])C(=O)C1=O. The van der Waals surface area contributed by atoms with Gasteiger partial charge in [0.25, 0.3) is 0 Å². The number of hydrogen-bond donors (Lipinski definition) is 0. The maximum Gasteiger partial charge on any atom is 0.417 e. The molecular weight excluding hydrogens is 349 g/mol. The van der Waals surface area contributed by atoms with Gasteiger partial charge in [0.2, 0.25) is 6.17 Å². The Morgan fingerprint density at radius 1 is 1.35 bits per heavy atom. The summed E-state index contributed by atoms with van der Waals surface area (Å²) in [6.45, 7) is -0.320. The number of amides is 3. The number of carbonyl (C=O) groups is 3. The van der Waals surface area contributed by atoms with Crippen molar-refractivity contribution in [2.24, 2.45) is 0 Å². The molecule has 1 aliphatic heterocycles. The Hall–Kier alpha value is -1.89. The monoisotopic (exact) mass is 361 g/mol. The molecule has 1 unspecified atom stereocenters. The average molecular weight is 361 g/mol. The fourth-order valence-electron chi connectivity index (χ4n) is 1.63. The van der Waals surface area contributed by atoms with E-state index >= 15 is 0 Å². The molecule has 0 bridgehead atoms. The molecule has 23 heavy (non-hydrogen) atoms. The molecule has 0 radical (unpaired) electrons. The van der Waals surface area contributed by atoms with E-state index < -0.39 is 46.1 Å². The van der Waals surface area contributed by atoms with E-state index in [4.69, 9.17) is 0 Å². The summed E-state index contributed by atoms with van der Waals surface area (Å²) in [6.07, 6.45) is -5.21. The third kappa shape index (κ3) is 3.90. The molecule has 0 saturated carbocycles. The van der Waals surface area contributed by atoms with Crippen LogP contribution >= 0.6 is 0 Å². The zero-order valence-corrected chi connectivity index (χ0v) is 12.5. The number of halogens is 3. The van der Waals surface area contributed by atoms with Crippen LogP contribution in [0, 0.1) is 0 Å². The van der Waals surface area contributed by atoms with Crippen molar-refractivity contribution in [3.8, 4) is 0 Å². The first kappa shape index (κ1) is 19.2. The number of likely N-dealkylation sites (N-methyl/N-ethyl adjacent to an activating group) is 1. The molecule has 0 aromatic rings. The Kier molecular flexibility index (Phi) is 5.58. The molecule has 3 amide bonds. The molecular formula is C10H12F3N2O7S-. The molecule has 0 aromatic carbocycles. The molecule has 1 rings (SSSR count). The van der Waals surface area contributed by atoms with Crippen LogP contribution in [0.25, 0.3) is 0 Å². The van der Waals surface area contributed by atoms with E-state index in [1.165, 1.54) is 0 Å². The topological polar surface area (TPSA) is 124 Å². The first-order valence-electron chi connectivity index (χ1n) is 6.18. The van der Waals surface area contributed by atoms with Gasteiger partial charge in [0.15, 0.2) is 10.1 Å². The van der Waals surface area contributed by atoms with Gasteiger partial charge >= 0.3 is 23.2 Å². The second kappa shape index (κ2) is 6.70. The van der Waals surface area contributed by atoms with Crippen LogP contribution in [0.1, 0.15) is 6.92 Å². The lowest BCUT2D eigenvalue weighted by Crippen LogP contribution is -2.56. The highest BCUT2D eigenvalue weighted by Crippen LogP contribution is 2.27. The Morgan fingerprint density at radius 2 is 1.91 bits per heavy atom. The molecule has 0 aromatic heterocycles. The van der Waals surface area contributed by atoms with Gasteiger partial charge in [0.1, 0.15) is 6.61 Å². The maximum atomic E-state index is 13.1. The van der Waals surface area contributed by atoms with Gasteiger partial charge < -0.3 is 14.2 Å². The largest absolute Gasteiger partial charge is 0.743 e. The van der Waals surface area contributed by atoms with Gasteiger partial charge in [-0.05, 0) is 6.92 Å². The van der Waals surface area contributed by atoms with Crippen molar-refractivity contribution in [1.82, 2.24) is 9.80 Å². The predicted octanol–water partition coefficient (Wildman–Crippen LogP) is -0.710. The third-order valence-corrected chi connectivity index (χ3v) is 3.88. The number of nitrogens with zero attached hydrogens (tertiary/aromatic N) is 2. The van der Waals surface area contributed by atoms with E-state index in [2.05, 4.69) is 4.74 Å². The van der Waals surface area contributed by atoms with Crippen LogP contribution in [0.3, 0.4) is 0 Å². The minimum Gasteiger partial charge on any atom is -0.743 e. The number of ether oxygens (including phenoxy) is 1. The zero-order chi connectivity index (χ0) is 18.0. The fraction of sp³-hybridized carbons (Fsp3) is 0.700. The summed E-state index contributed by atoms with van der Waals surface area (Å²) >= 11 is 0. The maximum absolute atomic E-state index is 13.1. The van der Waals surface area contributed by atoms with E-state index in [1.54, 1.807) is 6.92 Å². The smallest absolute Gasteiger partial charge is 0.417 e. The summed E-state index contributed by atoms with van der Waals surface area (Å²) in [5.74, 6) is -2.32. The second-order valence-corrected chi connectivity index (χ2v) is 5.85. The van der Waals surface area contributed by atoms with E-state index in [9.17, 15) is 40.5 Å². The Morgan fingerprint density at radius 3 is 2.39 bits per heavy atom. The van der Waals surface area contributed by atoms with Gasteiger partial charge in [0.05, 0.1) is 6.54 Å². The lowest BCUT2D eigenvalue weighted by molar-refractivity contribution is -0.154. The summed E-state index contributed by atoms with van der Waals surface area (Å²) in [5.41, 5.74) is 0. The van der Waals surface area contributed by atoms with E-state index in [1.807, 2.05) is 0 Å². The summed E-state index contributed by atoms with van der Waals surface area (Å²) in [4.78, 5) is 36.0. The third-order valence-electron chi connectivity index (χ3n) is 2.96. The number of rotatable bonds is 5. The minimum absolute atomic E-state index is 0.0275. The van der Waals surface area contributed by atoms with Crippen LogP contribution in [0.15, 0.2) is 0 Å². The highest BCUT2D eigenvalue weighted by atomic mass is 32.2. The molecule has 0 N–H and O–H groups in total. The van der Waals surface area contributed by atoms with Crippen molar-refractivity contribution < 1.29 is 45.3 Å². The van der Waals surface area contributed by atoms with Crippen LogP contribution in [-0.2, 0) is 24.4 Å². The summed E-state index contributed by atoms with van der Waals surface area (Å²) in [7, 11) is -6.30. The van der Waals surface area contributed by atoms with Crippen molar-refractivity contribution >= 4 is 28.0 Å². The first-order chi connectivity index (χ1) is 10.4. The van der Waals surface area contributed by atoms with Crippen molar-refractivity contribution in [1.29, 1.82) is 0 Å². The minimum atomic E-state index is -6.30. The van der Waals surface area contributed by atoms with Crippen LogP contribution in [0.2, 0.25) is 0 Å². The Bertz CT molecular complexity index is 610. The van der Waals surface area contributed by atoms with Gasteiger partial charge in [-0.2, -0.15) is 8.78 Å². The van der Waals surface area contributed by atoms with Gasteiger partial charge in [-0.3, -0.25) is 9.59 Å². The average Bonchev–Trinajstić information content (AvgIpc) is 2.45. The molecule has 1 fully saturated rings. The van der Waals surface area contributed by atoms with E-state index in [-0.39, 0.29) is 24.5 Å². The first-order valence-corrected chi connectivity index (χ1v) is 7.59. The molecule has 1 saturated heterocycles. The van der Waals surface area contributed by atoms with Crippen LogP contribution in [0.5, 0.6) is 0 Å². The lowest BCUT2D eigenvalue weighted by Gasteiger charge is -2.31. The standard InChI is InChI=1S/C10H13F3N2O7S/c1-2-14-3-4-15(8(17)7(14)16)9(18)22-5-6(11)10(12,13)23(19,20)21/h6H,2-5H2,1H3,(H,19,20,21)/p-1. The van der Waals surface area contributed by atoms with E-state index in [0.29, 0.717) is 0 Å². The molecule has 1 aliphatic rings. The number of hydrogen-bond acceptors (Lipinski definition) is 7. The van der Waals surface area contributed by atoms with Crippen molar-refractivity contribution in [3.05, 3.63) is 0 Å². The molecule has 0 spiro atoms. The van der Waals surface area contributed by atoms with Crippen LogP contribution in [-0.4, -0.2) is 78.3 Å². The number of alkyl halides is 3. The summed E-state index contributed by atoms with van der Waals surface area (Å²) < 4.78 is 73.5. The van der Waals surface area contributed by atoms with E-state index in [0.717, 1.165) is 4.90 Å². The Balaban J connectivity index is 2.68. The van der Waals surface area contributed by atoms with Crippen molar-refractivity contribution in [3.63, 3.8) is 0 Å². The number of piperazine rings is 1.